The molecule has 2 amide bonds. The molecule has 3 rings (SSSR count). The van der Waals surface area contributed by atoms with Crippen LogP contribution in [0.3, 0.4) is 0 Å². The zero-order valence-electron chi connectivity index (χ0n) is 15.1. The van der Waals surface area contributed by atoms with Crippen molar-refractivity contribution in [1.29, 1.82) is 0 Å². The highest BCUT2D eigenvalue weighted by Gasteiger charge is 2.20. The first-order valence-corrected chi connectivity index (χ1v) is 8.88. The summed E-state index contributed by atoms with van der Waals surface area (Å²) >= 11 is 0. The van der Waals surface area contributed by atoms with Crippen molar-refractivity contribution in [3.05, 3.63) is 23.5 Å². The molecule has 0 aliphatic carbocycles. The molecule has 7 nitrogen and oxygen atoms in total. The Morgan fingerprint density at radius 3 is 2.88 bits per heavy atom. The van der Waals surface area contributed by atoms with Crippen LogP contribution in [0.2, 0.25) is 0 Å². The first-order valence-electron chi connectivity index (χ1n) is 8.88. The number of carbonyl (C=O) groups excluding carboxylic acids is 2. The SMILES string of the molecule is Cc1cc(C(=O)NCCCN2CCCC2=O)c2cnn(C(C)C)c2n1. The van der Waals surface area contributed by atoms with Crippen molar-refractivity contribution in [3.63, 3.8) is 0 Å². The highest BCUT2D eigenvalue weighted by atomic mass is 16.2. The van der Waals surface area contributed by atoms with E-state index in [9.17, 15) is 9.59 Å². The Morgan fingerprint density at radius 2 is 2.20 bits per heavy atom. The molecule has 1 aliphatic rings. The highest BCUT2D eigenvalue weighted by molar-refractivity contribution is 6.05. The van der Waals surface area contributed by atoms with Crippen LogP contribution in [0.4, 0.5) is 0 Å². The second-order valence-corrected chi connectivity index (χ2v) is 6.83. The molecule has 7 heteroatoms. The molecule has 2 aromatic rings. The summed E-state index contributed by atoms with van der Waals surface area (Å²) < 4.78 is 1.83. The fraction of sp³-hybridized carbons (Fsp3) is 0.556. The fourth-order valence-corrected chi connectivity index (χ4v) is 3.22. The van der Waals surface area contributed by atoms with E-state index < -0.39 is 0 Å². The standard InChI is InChI=1S/C18H25N5O2/c1-12(2)23-17-15(11-20-23)14(10-13(3)21-17)18(25)19-7-5-9-22-8-4-6-16(22)24/h10-12H,4-9H2,1-3H3,(H,19,25). The number of aryl methyl sites for hydroxylation is 1. The molecule has 0 atom stereocenters. The van der Waals surface area contributed by atoms with Crippen LogP contribution < -0.4 is 5.32 Å². The number of hydrogen-bond donors (Lipinski definition) is 1. The van der Waals surface area contributed by atoms with E-state index in [1.54, 1.807) is 12.3 Å². The number of likely N-dealkylation sites (tertiary alicyclic amines) is 1. The van der Waals surface area contributed by atoms with Gasteiger partial charge in [-0.05, 0) is 39.7 Å². The lowest BCUT2D eigenvalue weighted by Gasteiger charge is -2.15. The molecule has 1 saturated heterocycles. The van der Waals surface area contributed by atoms with Gasteiger partial charge in [0.15, 0.2) is 5.65 Å². The lowest BCUT2D eigenvalue weighted by Crippen LogP contribution is -2.30. The number of rotatable bonds is 6. The average molecular weight is 343 g/mol. The maximum Gasteiger partial charge on any atom is 0.252 e. The van der Waals surface area contributed by atoms with Gasteiger partial charge in [0.25, 0.3) is 5.91 Å². The molecule has 1 aliphatic heterocycles. The van der Waals surface area contributed by atoms with Gasteiger partial charge in [0.05, 0.1) is 17.1 Å². The Hall–Kier alpha value is -2.44. The van der Waals surface area contributed by atoms with Gasteiger partial charge in [0.2, 0.25) is 5.91 Å². The van der Waals surface area contributed by atoms with Crippen LogP contribution in [0.25, 0.3) is 11.0 Å². The van der Waals surface area contributed by atoms with E-state index in [0.29, 0.717) is 25.1 Å². The number of hydrogen-bond acceptors (Lipinski definition) is 4. The normalized spacial score (nSPS) is 14.7. The van der Waals surface area contributed by atoms with E-state index in [1.165, 1.54) is 0 Å². The van der Waals surface area contributed by atoms with Crippen LogP contribution in [-0.4, -0.2) is 51.1 Å². The summed E-state index contributed by atoms with van der Waals surface area (Å²) in [6, 6.07) is 1.98. The second kappa shape index (κ2) is 7.21. The first-order chi connectivity index (χ1) is 12.0. The van der Waals surface area contributed by atoms with Crippen molar-refractivity contribution in [2.24, 2.45) is 0 Å². The molecule has 1 N–H and O–H groups in total. The summed E-state index contributed by atoms with van der Waals surface area (Å²) in [6.45, 7) is 8.04. The molecule has 0 bridgehead atoms. The van der Waals surface area contributed by atoms with Gasteiger partial charge in [0.1, 0.15) is 0 Å². The van der Waals surface area contributed by atoms with E-state index in [2.05, 4.69) is 15.4 Å². The second-order valence-electron chi connectivity index (χ2n) is 6.83. The molecular weight excluding hydrogens is 318 g/mol. The third-order valence-corrected chi connectivity index (χ3v) is 4.49. The molecule has 0 saturated carbocycles. The summed E-state index contributed by atoms with van der Waals surface area (Å²) in [4.78, 5) is 30.6. The van der Waals surface area contributed by atoms with Gasteiger partial charge < -0.3 is 10.2 Å². The minimum atomic E-state index is -0.119. The number of amides is 2. The van der Waals surface area contributed by atoms with Gasteiger partial charge in [-0.25, -0.2) is 9.67 Å². The molecule has 1 fully saturated rings. The topological polar surface area (TPSA) is 80.1 Å². The Balaban J connectivity index is 1.66. The number of pyridine rings is 1. The number of fused-ring (bicyclic) bond motifs is 1. The number of nitrogens with zero attached hydrogens (tertiary/aromatic N) is 4. The number of nitrogens with one attached hydrogen (secondary N) is 1. The predicted octanol–water partition coefficient (Wildman–Crippen LogP) is 2.06. The zero-order chi connectivity index (χ0) is 18.0. The molecule has 2 aromatic heterocycles. The quantitative estimate of drug-likeness (QED) is 0.814. The van der Waals surface area contributed by atoms with Gasteiger partial charge in [0, 0.05) is 37.8 Å². The van der Waals surface area contributed by atoms with Crippen LogP contribution >= 0.6 is 0 Å². The first kappa shape index (κ1) is 17.4. The summed E-state index contributed by atoms with van der Waals surface area (Å²) in [7, 11) is 0. The van der Waals surface area contributed by atoms with Crippen molar-refractivity contribution in [3.8, 4) is 0 Å². The maximum absolute atomic E-state index is 12.6. The Bertz CT molecular complexity index is 796. The smallest absolute Gasteiger partial charge is 0.252 e. The molecular formula is C18H25N5O2. The van der Waals surface area contributed by atoms with Gasteiger partial charge in [-0.1, -0.05) is 0 Å². The molecule has 134 valence electrons. The Kier molecular flexibility index (Phi) is 5.01. The molecule has 25 heavy (non-hydrogen) atoms. The lowest BCUT2D eigenvalue weighted by atomic mass is 10.1. The van der Waals surface area contributed by atoms with E-state index in [0.717, 1.165) is 36.1 Å². The minimum Gasteiger partial charge on any atom is -0.352 e. The van der Waals surface area contributed by atoms with Crippen molar-refractivity contribution < 1.29 is 9.59 Å². The average Bonchev–Trinajstić information content (AvgIpc) is 3.16. The van der Waals surface area contributed by atoms with Crippen molar-refractivity contribution in [2.45, 2.75) is 46.1 Å². The fourth-order valence-electron chi connectivity index (χ4n) is 3.22. The third-order valence-electron chi connectivity index (χ3n) is 4.49. The van der Waals surface area contributed by atoms with Crippen molar-refractivity contribution in [1.82, 2.24) is 25.0 Å². The molecule has 0 aromatic carbocycles. The molecule has 0 unspecified atom stereocenters. The molecule has 3 heterocycles. The summed E-state index contributed by atoms with van der Waals surface area (Å²) in [5.41, 5.74) is 2.14. The molecule has 0 radical (unpaired) electrons. The number of aromatic nitrogens is 3. The van der Waals surface area contributed by atoms with Gasteiger partial charge in [-0.15, -0.1) is 0 Å². The lowest BCUT2D eigenvalue weighted by molar-refractivity contribution is -0.127. The third kappa shape index (κ3) is 3.65. The molecule has 0 spiro atoms. The van der Waals surface area contributed by atoms with Crippen LogP contribution in [0.15, 0.2) is 12.3 Å². The summed E-state index contributed by atoms with van der Waals surface area (Å²) in [5, 5.41) is 8.09. The van der Waals surface area contributed by atoms with Gasteiger partial charge >= 0.3 is 0 Å². The van der Waals surface area contributed by atoms with Crippen LogP contribution in [0.1, 0.15) is 55.2 Å². The largest absolute Gasteiger partial charge is 0.352 e. The summed E-state index contributed by atoms with van der Waals surface area (Å²) in [6.07, 6.45) is 4.06. The summed E-state index contributed by atoms with van der Waals surface area (Å²) in [5.74, 6) is 0.102. The van der Waals surface area contributed by atoms with Crippen molar-refractivity contribution in [2.75, 3.05) is 19.6 Å². The Labute approximate surface area is 147 Å². The van der Waals surface area contributed by atoms with Gasteiger partial charge in [-0.3, -0.25) is 9.59 Å². The number of carbonyl (C=O) groups is 2. The monoisotopic (exact) mass is 343 g/mol. The minimum absolute atomic E-state index is 0.119. The zero-order valence-corrected chi connectivity index (χ0v) is 15.1. The van der Waals surface area contributed by atoms with E-state index in [-0.39, 0.29) is 17.9 Å². The van der Waals surface area contributed by atoms with Gasteiger partial charge in [-0.2, -0.15) is 5.10 Å². The predicted molar refractivity (Wildman–Crippen MR) is 95.4 cm³/mol. The maximum atomic E-state index is 12.6. The van der Waals surface area contributed by atoms with E-state index >= 15 is 0 Å². The van der Waals surface area contributed by atoms with Crippen LogP contribution in [-0.2, 0) is 4.79 Å². The van der Waals surface area contributed by atoms with Crippen LogP contribution in [0.5, 0.6) is 0 Å². The van der Waals surface area contributed by atoms with E-state index in [4.69, 9.17) is 0 Å². The van der Waals surface area contributed by atoms with E-state index in [1.807, 2.05) is 30.4 Å². The van der Waals surface area contributed by atoms with Crippen LogP contribution in [0, 0.1) is 6.92 Å². The Morgan fingerprint density at radius 1 is 1.40 bits per heavy atom. The highest BCUT2D eigenvalue weighted by Crippen LogP contribution is 2.21. The van der Waals surface area contributed by atoms with Crippen molar-refractivity contribution >= 4 is 22.8 Å².